The molecule has 1 heterocycles. The molecule has 30 heavy (non-hydrogen) atoms. The van der Waals surface area contributed by atoms with E-state index in [2.05, 4.69) is 15.1 Å². The van der Waals surface area contributed by atoms with Gasteiger partial charge in [0.2, 0.25) is 0 Å². The Hall–Kier alpha value is -3.21. The average molecular weight is 422 g/mol. The van der Waals surface area contributed by atoms with Crippen molar-refractivity contribution in [2.45, 2.75) is 18.5 Å². The van der Waals surface area contributed by atoms with Crippen LogP contribution in [0.15, 0.2) is 83.9 Å². The lowest BCUT2D eigenvalue weighted by molar-refractivity contribution is -0.136. The molecule has 0 spiro atoms. The molecule has 1 aromatic heterocycles. The Labute approximate surface area is 177 Å². The van der Waals surface area contributed by atoms with Gasteiger partial charge >= 0.3 is 6.18 Å². The number of hydrogen-bond acceptors (Lipinski definition) is 2. The summed E-state index contributed by atoms with van der Waals surface area (Å²) in [5.41, 5.74) is 3.82. The van der Waals surface area contributed by atoms with Crippen molar-refractivity contribution in [3.8, 4) is 11.3 Å². The molecular formula is C24H17F3N2S. The van der Waals surface area contributed by atoms with Crippen molar-refractivity contribution in [2.75, 3.05) is 0 Å². The summed E-state index contributed by atoms with van der Waals surface area (Å²) in [5.74, 6) is -0.906. The minimum Gasteiger partial charge on any atom is -0.354 e. The molecule has 0 saturated carbocycles. The number of thiocarbonyl (C=S) groups is 1. The highest BCUT2D eigenvalue weighted by Gasteiger charge is 2.36. The first-order valence-electron chi connectivity index (χ1n) is 9.37. The Morgan fingerprint density at radius 3 is 2.20 bits per heavy atom. The third kappa shape index (κ3) is 4.06. The molecule has 0 amide bonds. The smallest absolute Gasteiger partial charge is 0.354 e. The lowest BCUT2D eigenvalue weighted by Gasteiger charge is -2.21. The third-order valence-corrected chi connectivity index (χ3v) is 5.15. The molecule has 0 radical (unpaired) electrons. The number of aromatic nitrogens is 1. The molecule has 0 saturated heterocycles. The second-order valence-corrected chi connectivity index (χ2v) is 7.15. The first kappa shape index (κ1) is 20.1. The highest BCUT2D eigenvalue weighted by molar-refractivity contribution is 7.78. The van der Waals surface area contributed by atoms with E-state index in [0.717, 1.165) is 5.56 Å². The van der Waals surface area contributed by atoms with Gasteiger partial charge in [-0.05, 0) is 41.0 Å². The third-order valence-electron chi connectivity index (χ3n) is 5.06. The number of hydrogen-bond donors (Lipinski definition) is 1. The number of aliphatic imine (C=N–C) groups is 1. The maximum absolute atomic E-state index is 13.7. The Balaban J connectivity index is 2.08. The minimum atomic E-state index is -4.35. The van der Waals surface area contributed by atoms with Crippen LogP contribution in [0, 0.1) is 0 Å². The lowest BCUT2D eigenvalue weighted by atomic mass is 9.84. The quantitative estimate of drug-likeness (QED) is 0.260. The second kappa shape index (κ2) is 8.27. The summed E-state index contributed by atoms with van der Waals surface area (Å²) in [7, 11) is 0. The summed E-state index contributed by atoms with van der Waals surface area (Å²) in [5, 5.41) is 2.98. The van der Waals surface area contributed by atoms with Crippen LogP contribution in [0.3, 0.4) is 0 Å². The summed E-state index contributed by atoms with van der Waals surface area (Å²) in [6.07, 6.45) is -5.33. The Bertz CT molecular complexity index is 1210. The largest absolute Gasteiger partial charge is 0.390 e. The van der Waals surface area contributed by atoms with E-state index in [0.29, 0.717) is 33.4 Å². The van der Waals surface area contributed by atoms with Gasteiger partial charge in [0.1, 0.15) is 0 Å². The van der Waals surface area contributed by atoms with E-state index in [4.69, 9.17) is 12.2 Å². The van der Waals surface area contributed by atoms with Crippen molar-refractivity contribution < 1.29 is 13.2 Å². The number of benzene rings is 3. The molecule has 1 atom stereocenters. The monoisotopic (exact) mass is 422 g/mol. The standard InChI is InChI=1S/C24H17F3N2S/c25-24(26,27)14-18(16-8-3-1-4-9-16)21-22-19(28-15-30)12-7-13-20(22)29-23(21)17-10-5-2-6-11-17/h1-13,18,29H,14H2. The van der Waals surface area contributed by atoms with Crippen LogP contribution in [0.2, 0.25) is 0 Å². The van der Waals surface area contributed by atoms with Crippen LogP contribution in [0.1, 0.15) is 23.5 Å². The summed E-state index contributed by atoms with van der Waals surface area (Å²) >= 11 is 4.78. The molecule has 150 valence electrons. The molecule has 2 nitrogen and oxygen atoms in total. The Kier molecular flexibility index (Phi) is 5.53. The lowest BCUT2D eigenvalue weighted by Crippen LogP contribution is -2.15. The van der Waals surface area contributed by atoms with Gasteiger partial charge in [0.15, 0.2) is 0 Å². The highest BCUT2D eigenvalue weighted by atomic mass is 32.1. The number of nitrogens with one attached hydrogen (secondary N) is 1. The molecule has 4 aromatic rings. The van der Waals surface area contributed by atoms with Gasteiger partial charge in [-0.1, -0.05) is 66.7 Å². The SMILES string of the molecule is FC(F)(F)CC(c1ccccc1)c1c(-c2ccccc2)[nH]c2cccc(N=C=S)c12. The first-order valence-corrected chi connectivity index (χ1v) is 9.78. The summed E-state index contributed by atoms with van der Waals surface area (Å²) < 4.78 is 41.1. The molecule has 1 N–H and O–H groups in total. The number of H-pyrrole nitrogens is 1. The van der Waals surface area contributed by atoms with E-state index in [1.54, 1.807) is 42.5 Å². The number of aromatic amines is 1. The van der Waals surface area contributed by atoms with Gasteiger partial charge in [-0.25, -0.2) is 0 Å². The zero-order valence-electron chi connectivity index (χ0n) is 15.8. The fraction of sp³-hybridized carbons (Fsp3) is 0.125. The topological polar surface area (TPSA) is 28.1 Å². The van der Waals surface area contributed by atoms with Gasteiger partial charge in [-0.15, -0.1) is 0 Å². The number of halogens is 3. The van der Waals surface area contributed by atoms with Gasteiger partial charge in [0.05, 0.1) is 23.0 Å². The van der Waals surface area contributed by atoms with E-state index in [1.807, 2.05) is 36.4 Å². The zero-order valence-corrected chi connectivity index (χ0v) is 16.6. The predicted octanol–water partition coefficient (Wildman–Crippen LogP) is 7.65. The van der Waals surface area contributed by atoms with Crippen LogP contribution in [-0.4, -0.2) is 16.3 Å². The molecule has 6 heteroatoms. The zero-order chi connectivity index (χ0) is 21.1. The predicted molar refractivity (Wildman–Crippen MR) is 117 cm³/mol. The summed E-state index contributed by atoms with van der Waals surface area (Å²) in [6.45, 7) is 0. The number of fused-ring (bicyclic) bond motifs is 1. The number of isothiocyanates is 1. The molecule has 0 aliphatic carbocycles. The van der Waals surface area contributed by atoms with Gasteiger partial charge in [-0.2, -0.15) is 18.2 Å². The van der Waals surface area contributed by atoms with E-state index < -0.39 is 18.5 Å². The highest BCUT2D eigenvalue weighted by Crippen LogP contribution is 2.46. The maximum Gasteiger partial charge on any atom is 0.390 e. The van der Waals surface area contributed by atoms with Crippen LogP contribution < -0.4 is 0 Å². The molecule has 0 aliphatic heterocycles. The maximum atomic E-state index is 13.7. The summed E-state index contributed by atoms with van der Waals surface area (Å²) in [6, 6.07) is 23.5. The van der Waals surface area contributed by atoms with Crippen molar-refractivity contribution in [1.82, 2.24) is 4.98 Å². The van der Waals surface area contributed by atoms with Gasteiger partial charge in [0, 0.05) is 16.8 Å². The van der Waals surface area contributed by atoms with Gasteiger partial charge in [0.25, 0.3) is 0 Å². The fourth-order valence-electron chi connectivity index (χ4n) is 3.88. The van der Waals surface area contributed by atoms with Crippen molar-refractivity contribution >= 4 is 34.0 Å². The van der Waals surface area contributed by atoms with E-state index in [9.17, 15) is 13.2 Å². The molecule has 0 aliphatic rings. The molecule has 0 bridgehead atoms. The van der Waals surface area contributed by atoms with E-state index >= 15 is 0 Å². The van der Waals surface area contributed by atoms with Crippen LogP contribution in [0.4, 0.5) is 18.9 Å². The van der Waals surface area contributed by atoms with E-state index in [-0.39, 0.29) is 0 Å². The fourth-order valence-corrected chi connectivity index (χ4v) is 3.98. The number of alkyl halides is 3. The minimum absolute atomic E-state index is 0.499. The van der Waals surface area contributed by atoms with Crippen molar-refractivity contribution in [2.24, 2.45) is 4.99 Å². The second-order valence-electron chi connectivity index (χ2n) is 6.97. The summed E-state index contributed by atoms with van der Waals surface area (Å²) in [4.78, 5) is 7.46. The van der Waals surface area contributed by atoms with Crippen molar-refractivity contribution in [3.05, 3.63) is 90.0 Å². The van der Waals surface area contributed by atoms with Crippen LogP contribution in [0.5, 0.6) is 0 Å². The molecule has 0 fully saturated rings. The number of rotatable bonds is 5. The van der Waals surface area contributed by atoms with Crippen LogP contribution in [0.25, 0.3) is 22.2 Å². The Morgan fingerprint density at radius 2 is 1.57 bits per heavy atom. The van der Waals surface area contributed by atoms with Crippen LogP contribution in [-0.2, 0) is 0 Å². The van der Waals surface area contributed by atoms with Crippen molar-refractivity contribution in [1.29, 1.82) is 0 Å². The van der Waals surface area contributed by atoms with Crippen molar-refractivity contribution in [3.63, 3.8) is 0 Å². The molecule has 1 unspecified atom stereocenters. The average Bonchev–Trinajstić information content (AvgIpc) is 3.13. The normalized spacial score (nSPS) is 12.5. The molecule has 3 aromatic carbocycles. The first-order chi connectivity index (χ1) is 14.5. The molecule has 4 rings (SSSR count). The van der Waals surface area contributed by atoms with Crippen LogP contribution >= 0.6 is 12.2 Å². The van der Waals surface area contributed by atoms with Gasteiger partial charge in [-0.3, -0.25) is 0 Å². The number of nitrogens with zero attached hydrogens (tertiary/aromatic N) is 1. The van der Waals surface area contributed by atoms with E-state index in [1.165, 1.54) is 0 Å². The van der Waals surface area contributed by atoms with Gasteiger partial charge < -0.3 is 4.98 Å². The molecular weight excluding hydrogens is 405 g/mol. The Morgan fingerprint density at radius 1 is 0.900 bits per heavy atom.